The lowest BCUT2D eigenvalue weighted by atomic mass is 10.1. The summed E-state index contributed by atoms with van der Waals surface area (Å²) in [7, 11) is 1.73. The molecule has 0 aliphatic carbocycles. The normalized spacial score (nSPS) is 15.9. The predicted octanol–water partition coefficient (Wildman–Crippen LogP) is 3.90. The van der Waals surface area contributed by atoms with E-state index in [1.165, 1.54) is 47.7 Å². The molecule has 4 rings (SSSR count). The molecule has 22 heavy (non-hydrogen) atoms. The van der Waals surface area contributed by atoms with E-state index in [0.29, 0.717) is 0 Å². The molecule has 1 fully saturated rings. The topological polar surface area (TPSA) is 17.4 Å². The van der Waals surface area contributed by atoms with Gasteiger partial charge in [0.05, 0.1) is 7.11 Å². The number of hydrogen-bond donors (Lipinski definition) is 0. The van der Waals surface area contributed by atoms with Crippen molar-refractivity contribution in [2.75, 3.05) is 26.7 Å². The summed E-state index contributed by atoms with van der Waals surface area (Å²) in [6.07, 6.45) is 2.70. The largest absolute Gasteiger partial charge is 0.497 e. The van der Waals surface area contributed by atoms with Crippen LogP contribution in [0, 0.1) is 0 Å². The molecule has 0 saturated carbocycles. The lowest BCUT2D eigenvalue weighted by Gasteiger charge is -2.16. The Balaban J connectivity index is 1.79. The molecule has 0 N–H and O–H groups in total. The summed E-state index contributed by atoms with van der Waals surface area (Å²) >= 11 is 0. The quantitative estimate of drug-likeness (QED) is 0.726. The molecule has 1 aliphatic rings. The lowest BCUT2D eigenvalue weighted by Crippen LogP contribution is -2.23. The molecule has 114 valence electrons. The van der Waals surface area contributed by atoms with Crippen molar-refractivity contribution >= 4 is 21.8 Å². The highest BCUT2D eigenvalue weighted by Crippen LogP contribution is 2.31. The lowest BCUT2D eigenvalue weighted by molar-refractivity contribution is 0.326. The predicted molar refractivity (Wildman–Crippen MR) is 91.7 cm³/mol. The molecule has 0 bridgehead atoms. The highest BCUT2D eigenvalue weighted by Gasteiger charge is 2.14. The molecule has 1 aliphatic heterocycles. The van der Waals surface area contributed by atoms with Gasteiger partial charge in [0.2, 0.25) is 0 Å². The number of likely N-dealkylation sites (tertiary alicyclic amines) is 1. The van der Waals surface area contributed by atoms with Crippen LogP contribution in [0.25, 0.3) is 21.8 Å². The first kappa shape index (κ1) is 13.6. The smallest absolute Gasteiger partial charge is 0.119 e. The van der Waals surface area contributed by atoms with Gasteiger partial charge in [-0.25, -0.2) is 0 Å². The monoisotopic (exact) mass is 294 g/mol. The van der Waals surface area contributed by atoms with Gasteiger partial charge < -0.3 is 14.2 Å². The third kappa shape index (κ3) is 2.26. The Morgan fingerprint density at radius 1 is 0.909 bits per heavy atom. The average Bonchev–Trinajstić information content (AvgIpc) is 3.18. The maximum absolute atomic E-state index is 5.40. The Hall–Kier alpha value is -2.00. The van der Waals surface area contributed by atoms with Gasteiger partial charge in [-0.05, 0) is 50.2 Å². The zero-order valence-electron chi connectivity index (χ0n) is 13.1. The first-order chi connectivity index (χ1) is 10.9. The number of para-hydroxylation sites is 1. The number of fused-ring (bicyclic) bond motifs is 3. The third-order valence-corrected chi connectivity index (χ3v) is 4.82. The summed E-state index contributed by atoms with van der Waals surface area (Å²) in [6.45, 7) is 4.70. The van der Waals surface area contributed by atoms with Crippen LogP contribution in [0.15, 0.2) is 42.5 Å². The first-order valence-electron chi connectivity index (χ1n) is 8.14. The Bertz CT molecular complexity index is 800. The van der Waals surface area contributed by atoms with Gasteiger partial charge in [-0.3, -0.25) is 0 Å². The molecule has 3 nitrogen and oxygen atoms in total. The minimum atomic E-state index is 0.926. The third-order valence-electron chi connectivity index (χ3n) is 4.82. The van der Waals surface area contributed by atoms with Crippen molar-refractivity contribution in [1.82, 2.24) is 9.47 Å². The van der Waals surface area contributed by atoms with E-state index in [0.717, 1.165) is 18.8 Å². The van der Waals surface area contributed by atoms with Crippen molar-refractivity contribution < 1.29 is 4.74 Å². The number of rotatable bonds is 4. The van der Waals surface area contributed by atoms with Crippen LogP contribution < -0.4 is 4.74 Å². The Labute approximate surface area is 131 Å². The molecule has 0 amide bonds. The van der Waals surface area contributed by atoms with Crippen LogP contribution in [0.3, 0.4) is 0 Å². The van der Waals surface area contributed by atoms with Gasteiger partial charge in [0, 0.05) is 34.9 Å². The van der Waals surface area contributed by atoms with Crippen LogP contribution in [0.2, 0.25) is 0 Å². The zero-order chi connectivity index (χ0) is 14.9. The van der Waals surface area contributed by atoms with E-state index in [9.17, 15) is 0 Å². The van der Waals surface area contributed by atoms with Gasteiger partial charge >= 0.3 is 0 Å². The highest BCUT2D eigenvalue weighted by molar-refractivity contribution is 6.08. The number of methoxy groups -OCH3 is 1. The molecule has 3 aromatic rings. The Kier molecular flexibility index (Phi) is 3.51. The zero-order valence-corrected chi connectivity index (χ0v) is 13.1. The minimum Gasteiger partial charge on any atom is -0.497 e. The summed E-state index contributed by atoms with van der Waals surface area (Å²) in [5, 5.41) is 2.61. The van der Waals surface area contributed by atoms with Gasteiger partial charge in [0.1, 0.15) is 5.75 Å². The van der Waals surface area contributed by atoms with Gasteiger partial charge in [0.25, 0.3) is 0 Å². The molecule has 0 atom stereocenters. The van der Waals surface area contributed by atoms with Crippen LogP contribution in [-0.2, 0) is 6.54 Å². The van der Waals surface area contributed by atoms with Crippen LogP contribution >= 0.6 is 0 Å². The SMILES string of the molecule is COc1ccc2c(c1)c1ccccc1n2CCN1CCCC1. The van der Waals surface area contributed by atoms with Crippen molar-refractivity contribution in [1.29, 1.82) is 0 Å². The molecule has 3 heteroatoms. The van der Waals surface area contributed by atoms with E-state index in [4.69, 9.17) is 4.74 Å². The van der Waals surface area contributed by atoms with E-state index < -0.39 is 0 Å². The Morgan fingerprint density at radius 3 is 2.50 bits per heavy atom. The number of benzene rings is 2. The van der Waals surface area contributed by atoms with E-state index in [2.05, 4.69) is 51.9 Å². The molecular weight excluding hydrogens is 272 g/mol. The van der Waals surface area contributed by atoms with E-state index in [-0.39, 0.29) is 0 Å². The van der Waals surface area contributed by atoms with Gasteiger partial charge in [-0.1, -0.05) is 18.2 Å². The van der Waals surface area contributed by atoms with Crippen LogP contribution in [-0.4, -0.2) is 36.2 Å². The molecule has 0 unspecified atom stereocenters. The fourth-order valence-corrected chi connectivity index (χ4v) is 3.65. The number of aromatic nitrogens is 1. The second-order valence-electron chi connectivity index (χ2n) is 6.10. The van der Waals surface area contributed by atoms with Crippen molar-refractivity contribution in [3.8, 4) is 5.75 Å². The molecule has 1 aromatic heterocycles. The van der Waals surface area contributed by atoms with Crippen molar-refractivity contribution in [2.24, 2.45) is 0 Å². The standard InChI is InChI=1S/C19H22N2O/c1-22-15-8-9-19-17(14-15)16-6-2-3-7-18(16)21(19)13-12-20-10-4-5-11-20/h2-3,6-9,14H,4-5,10-13H2,1H3. The maximum atomic E-state index is 5.40. The summed E-state index contributed by atoms with van der Waals surface area (Å²) in [5.41, 5.74) is 2.63. The molecule has 2 aromatic carbocycles. The van der Waals surface area contributed by atoms with E-state index in [1.807, 2.05) is 0 Å². The second-order valence-corrected chi connectivity index (χ2v) is 6.10. The average molecular weight is 294 g/mol. The number of ether oxygens (including phenoxy) is 1. The summed E-state index contributed by atoms with van der Waals surface area (Å²) in [6, 6.07) is 15.1. The first-order valence-corrected chi connectivity index (χ1v) is 8.14. The summed E-state index contributed by atoms with van der Waals surface area (Å²) < 4.78 is 7.86. The minimum absolute atomic E-state index is 0.926. The van der Waals surface area contributed by atoms with Crippen molar-refractivity contribution in [3.05, 3.63) is 42.5 Å². The van der Waals surface area contributed by atoms with E-state index in [1.54, 1.807) is 7.11 Å². The van der Waals surface area contributed by atoms with Crippen LogP contribution in [0.4, 0.5) is 0 Å². The van der Waals surface area contributed by atoms with Gasteiger partial charge in [0.15, 0.2) is 0 Å². The number of nitrogens with zero attached hydrogens (tertiary/aromatic N) is 2. The molecule has 0 radical (unpaired) electrons. The fourth-order valence-electron chi connectivity index (χ4n) is 3.65. The van der Waals surface area contributed by atoms with Crippen molar-refractivity contribution in [2.45, 2.75) is 19.4 Å². The van der Waals surface area contributed by atoms with Crippen molar-refractivity contribution in [3.63, 3.8) is 0 Å². The molecule has 0 spiro atoms. The Morgan fingerprint density at radius 2 is 1.68 bits per heavy atom. The maximum Gasteiger partial charge on any atom is 0.119 e. The molecular formula is C19H22N2O. The summed E-state index contributed by atoms with van der Waals surface area (Å²) in [4.78, 5) is 2.57. The van der Waals surface area contributed by atoms with Crippen LogP contribution in [0.5, 0.6) is 5.75 Å². The van der Waals surface area contributed by atoms with E-state index >= 15 is 0 Å². The molecule has 2 heterocycles. The highest BCUT2D eigenvalue weighted by atomic mass is 16.5. The van der Waals surface area contributed by atoms with Gasteiger partial charge in [-0.2, -0.15) is 0 Å². The van der Waals surface area contributed by atoms with Crippen LogP contribution in [0.1, 0.15) is 12.8 Å². The number of hydrogen-bond acceptors (Lipinski definition) is 2. The fraction of sp³-hybridized carbons (Fsp3) is 0.368. The second kappa shape index (κ2) is 5.65. The summed E-state index contributed by atoms with van der Waals surface area (Å²) in [5.74, 6) is 0.926. The molecule has 1 saturated heterocycles. The van der Waals surface area contributed by atoms with Gasteiger partial charge in [-0.15, -0.1) is 0 Å².